The third-order valence-corrected chi connectivity index (χ3v) is 7.56. The molecule has 3 aromatic carbocycles. The van der Waals surface area contributed by atoms with Crippen molar-refractivity contribution in [1.82, 2.24) is 9.80 Å². The zero-order valence-corrected chi connectivity index (χ0v) is 20.1. The number of benzene rings is 3. The predicted molar refractivity (Wildman–Crippen MR) is 136 cm³/mol. The second-order valence-electron chi connectivity index (χ2n) is 9.56. The quantitative estimate of drug-likeness (QED) is 0.502. The minimum Gasteiger partial charge on any atom is -0.467 e. The lowest BCUT2D eigenvalue weighted by Crippen LogP contribution is -2.44. The van der Waals surface area contributed by atoms with E-state index in [1.165, 1.54) is 12.7 Å². The Labute approximate surface area is 207 Å². The van der Waals surface area contributed by atoms with Gasteiger partial charge in [-0.05, 0) is 42.0 Å². The Morgan fingerprint density at radius 2 is 1.40 bits per heavy atom. The number of hydrogen-bond donors (Lipinski definition) is 0. The van der Waals surface area contributed by atoms with Crippen molar-refractivity contribution >= 4 is 11.9 Å². The van der Waals surface area contributed by atoms with Gasteiger partial charge < -0.3 is 9.64 Å². The molecule has 0 aromatic heterocycles. The molecule has 5 rings (SSSR count). The summed E-state index contributed by atoms with van der Waals surface area (Å²) in [5.74, 6) is -0.350. The number of ether oxygens (including phenoxy) is 1. The molecule has 2 heterocycles. The molecule has 180 valence electrons. The van der Waals surface area contributed by atoms with E-state index in [4.69, 9.17) is 4.74 Å². The number of rotatable bonds is 6. The van der Waals surface area contributed by atoms with Crippen LogP contribution in [0.3, 0.4) is 0 Å². The Morgan fingerprint density at radius 1 is 0.829 bits per heavy atom. The van der Waals surface area contributed by atoms with Crippen LogP contribution in [0.4, 0.5) is 0 Å². The highest BCUT2D eigenvalue weighted by atomic mass is 16.5. The summed E-state index contributed by atoms with van der Waals surface area (Å²) < 4.78 is 5.16. The van der Waals surface area contributed by atoms with E-state index >= 15 is 0 Å². The fourth-order valence-corrected chi connectivity index (χ4v) is 5.73. The first kappa shape index (κ1) is 23.3. The van der Waals surface area contributed by atoms with E-state index < -0.39 is 12.0 Å². The molecule has 1 amide bonds. The molecule has 2 saturated heterocycles. The van der Waals surface area contributed by atoms with Crippen LogP contribution in [0.15, 0.2) is 91.0 Å². The van der Waals surface area contributed by atoms with Gasteiger partial charge in [-0.3, -0.25) is 9.69 Å². The molecule has 2 fully saturated rings. The maximum atomic E-state index is 14.1. The molecule has 0 aliphatic carbocycles. The van der Waals surface area contributed by atoms with E-state index in [2.05, 4.69) is 29.2 Å². The average molecular weight is 469 g/mol. The molecule has 0 N–H and O–H groups in total. The minimum absolute atomic E-state index is 0.0425. The topological polar surface area (TPSA) is 49.9 Å². The first-order valence-corrected chi connectivity index (χ1v) is 12.4. The Morgan fingerprint density at radius 3 is 1.97 bits per heavy atom. The number of carbonyl (C=O) groups is 2. The summed E-state index contributed by atoms with van der Waals surface area (Å²) in [7, 11) is 1.41. The van der Waals surface area contributed by atoms with Gasteiger partial charge in [-0.25, -0.2) is 4.79 Å². The summed E-state index contributed by atoms with van der Waals surface area (Å²) in [6.45, 7) is 2.46. The van der Waals surface area contributed by atoms with Crippen molar-refractivity contribution in [3.05, 3.63) is 108 Å². The van der Waals surface area contributed by atoms with Gasteiger partial charge in [0, 0.05) is 19.1 Å². The van der Waals surface area contributed by atoms with Gasteiger partial charge >= 0.3 is 5.97 Å². The number of hydrogen-bond acceptors (Lipinski definition) is 4. The zero-order chi connectivity index (χ0) is 24.2. The number of nitrogens with zero attached hydrogens (tertiary/aromatic N) is 2. The van der Waals surface area contributed by atoms with Crippen molar-refractivity contribution in [3.63, 3.8) is 0 Å². The van der Waals surface area contributed by atoms with E-state index in [0.717, 1.165) is 30.6 Å². The fourth-order valence-electron chi connectivity index (χ4n) is 5.73. The standard InChI is InChI=1S/C30H32N2O3/c1-35-30(34)27-19-26(31-18-17-25(20-31)22-11-5-2-6-12-22)21-32(27)29(33)28(23-13-7-3-8-14-23)24-15-9-4-10-16-24/h2-16,25-28H,17-21H2,1H3. The average Bonchev–Trinajstić information content (AvgIpc) is 3.58. The van der Waals surface area contributed by atoms with Gasteiger partial charge in [0.2, 0.25) is 5.91 Å². The number of amides is 1. The highest BCUT2D eigenvalue weighted by molar-refractivity contribution is 5.91. The first-order valence-electron chi connectivity index (χ1n) is 12.4. The van der Waals surface area contributed by atoms with Crippen molar-refractivity contribution in [2.45, 2.75) is 36.8 Å². The van der Waals surface area contributed by atoms with Crippen LogP contribution in [0, 0.1) is 0 Å². The van der Waals surface area contributed by atoms with Gasteiger partial charge in [0.25, 0.3) is 0 Å². The van der Waals surface area contributed by atoms with Crippen LogP contribution in [0.1, 0.15) is 41.4 Å². The van der Waals surface area contributed by atoms with Crippen LogP contribution in [0.2, 0.25) is 0 Å². The fraction of sp³-hybridized carbons (Fsp3) is 0.333. The van der Waals surface area contributed by atoms with Crippen LogP contribution >= 0.6 is 0 Å². The van der Waals surface area contributed by atoms with E-state index in [0.29, 0.717) is 18.9 Å². The summed E-state index contributed by atoms with van der Waals surface area (Å²) in [4.78, 5) is 31.2. The lowest BCUT2D eigenvalue weighted by Gasteiger charge is -2.28. The number of carbonyl (C=O) groups excluding carboxylic acids is 2. The summed E-state index contributed by atoms with van der Waals surface area (Å²) in [6.07, 6.45) is 1.70. The molecule has 3 aromatic rings. The molecule has 3 unspecified atom stereocenters. The van der Waals surface area contributed by atoms with Gasteiger partial charge in [0.1, 0.15) is 6.04 Å². The van der Waals surface area contributed by atoms with Crippen molar-refractivity contribution < 1.29 is 14.3 Å². The van der Waals surface area contributed by atoms with E-state index in [1.54, 1.807) is 4.90 Å². The maximum absolute atomic E-state index is 14.1. The molecule has 0 bridgehead atoms. The van der Waals surface area contributed by atoms with Crippen LogP contribution in [-0.4, -0.2) is 60.5 Å². The Balaban J connectivity index is 1.40. The molecule has 5 heteroatoms. The number of esters is 1. The molecule has 35 heavy (non-hydrogen) atoms. The van der Waals surface area contributed by atoms with Crippen LogP contribution in [0.5, 0.6) is 0 Å². The first-order chi connectivity index (χ1) is 17.2. The maximum Gasteiger partial charge on any atom is 0.328 e. The summed E-state index contributed by atoms with van der Waals surface area (Å²) in [5.41, 5.74) is 3.22. The molecule has 0 saturated carbocycles. The Kier molecular flexibility index (Phi) is 6.96. The Hall–Kier alpha value is -3.44. The Bertz CT molecular complexity index is 1100. The van der Waals surface area contributed by atoms with Crippen LogP contribution in [-0.2, 0) is 14.3 Å². The molecule has 3 atom stereocenters. The van der Waals surface area contributed by atoms with E-state index in [9.17, 15) is 9.59 Å². The van der Waals surface area contributed by atoms with Gasteiger partial charge in [-0.2, -0.15) is 0 Å². The smallest absolute Gasteiger partial charge is 0.328 e. The van der Waals surface area contributed by atoms with Gasteiger partial charge in [0.05, 0.1) is 13.0 Å². The highest BCUT2D eigenvalue weighted by Crippen LogP contribution is 2.35. The molecular weight excluding hydrogens is 436 g/mol. The summed E-state index contributed by atoms with van der Waals surface area (Å²) >= 11 is 0. The molecule has 0 radical (unpaired) electrons. The van der Waals surface area contributed by atoms with Gasteiger partial charge in [-0.1, -0.05) is 91.0 Å². The SMILES string of the molecule is COC(=O)C1CC(N2CCC(c3ccccc3)C2)CN1C(=O)C(c1ccccc1)c1ccccc1. The van der Waals surface area contributed by atoms with Crippen molar-refractivity contribution in [2.75, 3.05) is 26.7 Å². The lowest BCUT2D eigenvalue weighted by molar-refractivity contribution is -0.151. The highest BCUT2D eigenvalue weighted by Gasteiger charge is 2.45. The second-order valence-corrected chi connectivity index (χ2v) is 9.56. The van der Waals surface area contributed by atoms with Crippen LogP contribution < -0.4 is 0 Å². The molecule has 2 aliphatic rings. The van der Waals surface area contributed by atoms with Crippen LogP contribution in [0.25, 0.3) is 0 Å². The number of likely N-dealkylation sites (tertiary alicyclic amines) is 2. The molecule has 2 aliphatic heterocycles. The summed E-state index contributed by atoms with van der Waals surface area (Å²) in [5, 5.41) is 0. The number of methoxy groups -OCH3 is 1. The van der Waals surface area contributed by atoms with Crippen molar-refractivity contribution in [2.24, 2.45) is 0 Å². The zero-order valence-electron chi connectivity index (χ0n) is 20.1. The lowest BCUT2D eigenvalue weighted by atomic mass is 9.90. The normalized spacial score (nSPS) is 22.5. The third kappa shape index (κ3) is 4.87. The third-order valence-electron chi connectivity index (χ3n) is 7.56. The second kappa shape index (κ2) is 10.4. The molecule has 5 nitrogen and oxygen atoms in total. The molecular formula is C30H32N2O3. The van der Waals surface area contributed by atoms with Gasteiger partial charge in [-0.15, -0.1) is 0 Å². The molecule has 0 spiro atoms. The van der Waals surface area contributed by atoms with E-state index in [-0.39, 0.29) is 17.9 Å². The predicted octanol–water partition coefficient (Wildman–Crippen LogP) is 4.45. The summed E-state index contributed by atoms with van der Waals surface area (Å²) in [6, 6.07) is 29.9. The van der Waals surface area contributed by atoms with E-state index in [1.807, 2.05) is 66.7 Å². The minimum atomic E-state index is -0.566. The van der Waals surface area contributed by atoms with Gasteiger partial charge in [0.15, 0.2) is 0 Å². The monoisotopic (exact) mass is 468 g/mol. The largest absolute Gasteiger partial charge is 0.467 e. The van der Waals surface area contributed by atoms with Crippen molar-refractivity contribution in [3.8, 4) is 0 Å². The van der Waals surface area contributed by atoms with Crippen molar-refractivity contribution in [1.29, 1.82) is 0 Å².